The van der Waals surface area contributed by atoms with Gasteiger partial charge in [0, 0.05) is 7.11 Å². The third-order valence-corrected chi connectivity index (χ3v) is 1.91. The minimum absolute atomic E-state index is 0.421. The van der Waals surface area contributed by atoms with Crippen LogP contribution in [0.1, 0.15) is 13.3 Å². The number of rotatable bonds is 2. The van der Waals surface area contributed by atoms with E-state index in [0.29, 0.717) is 6.42 Å². The largest absolute Gasteiger partial charge is 0.387 e. The second-order valence-corrected chi connectivity index (χ2v) is 2.62. The SMILES string of the molecule is CC[C@H]1OC(OC)[C@H](F)[C@@H]1O. The first-order chi connectivity index (χ1) is 5.20. The number of hydrogen-bond acceptors (Lipinski definition) is 3. The molecule has 0 saturated carbocycles. The van der Waals surface area contributed by atoms with Gasteiger partial charge in [0.25, 0.3) is 0 Å². The van der Waals surface area contributed by atoms with Crippen molar-refractivity contribution in [2.45, 2.75) is 38.0 Å². The summed E-state index contributed by atoms with van der Waals surface area (Å²) in [7, 11) is 1.36. The van der Waals surface area contributed by atoms with Crippen molar-refractivity contribution in [3.8, 4) is 0 Å². The summed E-state index contributed by atoms with van der Waals surface area (Å²) in [4.78, 5) is 0. The van der Waals surface area contributed by atoms with Crippen LogP contribution < -0.4 is 0 Å². The van der Waals surface area contributed by atoms with Crippen LogP contribution in [0.2, 0.25) is 0 Å². The normalized spacial score (nSPS) is 44.7. The summed E-state index contributed by atoms with van der Waals surface area (Å²) in [6.07, 6.45) is -3.17. The molecule has 0 aromatic rings. The van der Waals surface area contributed by atoms with Crippen LogP contribution in [0.5, 0.6) is 0 Å². The molecule has 3 nitrogen and oxygen atoms in total. The summed E-state index contributed by atoms with van der Waals surface area (Å²) in [5.74, 6) is 0. The average Bonchev–Trinajstić information content (AvgIpc) is 2.30. The third kappa shape index (κ3) is 1.52. The summed E-state index contributed by atoms with van der Waals surface area (Å²) in [5, 5.41) is 9.18. The lowest BCUT2D eigenvalue weighted by molar-refractivity contribution is -0.135. The molecule has 4 heteroatoms. The van der Waals surface area contributed by atoms with Crippen molar-refractivity contribution in [1.29, 1.82) is 0 Å². The fourth-order valence-electron chi connectivity index (χ4n) is 1.22. The Morgan fingerprint density at radius 1 is 1.64 bits per heavy atom. The molecule has 0 bridgehead atoms. The van der Waals surface area contributed by atoms with Crippen LogP contribution in [0.15, 0.2) is 0 Å². The van der Waals surface area contributed by atoms with Gasteiger partial charge in [-0.2, -0.15) is 0 Å². The molecule has 1 heterocycles. The van der Waals surface area contributed by atoms with Gasteiger partial charge >= 0.3 is 0 Å². The van der Waals surface area contributed by atoms with E-state index in [1.54, 1.807) is 0 Å². The van der Waals surface area contributed by atoms with Gasteiger partial charge in [0.2, 0.25) is 0 Å². The summed E-state index contributed by atoms with van der Waals surface area (Å²) < 4.78 is 22.6. The van der Waals surface area contributed by atoms with Crippen molar-refractivity contribution in [3.63, 3.8) is 0 Å². The standard InChI is InChI=1S/C7H13FO3/c1-3-4-6(9)5(8)7(10-2)11-4/h4-7,9H,3H2,1-2H3/t4-,5-,6-,7?/m1/s1. The summed E-state index contributed by atoms with van der Waals surface area (Å²) in [5.41, 5.74) is 0. The van der Waals surface area contributed by atoms with Gasteiger partial charge < -0.3 is 14.6 Å². The lowest BCUT2D eigenvalue weighted by atomic mass is 10.1. The van der Waals surface area contributed by atoms with E-state index in [0.717, 1.165) is 0 Å². The molecule has 66 valence electrons. The molecule has 1 aliphatic heterocycles. The van der Waals surface area contributed by atoms with Gasteiger partial charge in [0.1, 0.15) is 6.10 Å². The van der Waals surface area contributed by atoms with Crippen LogP contribution in [0.4, 0.5) is 4.39 Å². The van der Waals surface area contributed by atoms with E-state index >= 15 is 0 Å². The first-order valence-electron chi connectivity index (χ1n) is 3.71. The fourth-order valence-corrected chi connectivity index (χ4v) is 1.22. The Morgan fingerprint density at radius 2 is 2.27 bits per heavy atom. The van der Waals surface area contributed by atoms with E-state index < -0.39 is 24.7 Å². The maximum atomic E-state index is 12.9. The van der Waals surface area contributed by atoms with Crippen LogP contribution in [0.25, 0.3) is 0 Å². The molecular formula is C7H13FO3. The van der Waals surface area contributed by atoms with Crippen molar-refractivity contribution < 1.29 is 19.0 Å². The monoisotopic (exact) mass is 164 g/mol. The van der Waals surface area contributed by atoms with Crippen LogP contribution in [-0.2, 0) is 9.47 Å². The Labute approximate surface area is 65.1 Å². The number of alkyl halides is 1. The van der Waals surface area contributed by atoms with Gasteiger partial charge in [-0.1, -0.05) is 6.92 Å². The van der Waals surface area contributed by atoms with E-state index in [9.17, 15) is 9.50 Å². The minimum Gasteiger partial charge on any atom is -0.387 e. The molecule has 1 rings (SSSR count). The van der Waals surface area contributed by atoms with Gasteiger partial charge in [-0.3, -0.25) is 0 Å². The molecule has 1 aliphatic rings. The van der Waals surface area contributed by atoms with Crippen molar-refractivity contribution in [2.24, 2.45) is 0 Å². The molecule has 0 aliphatic carbocycles. The Balaban J connectivity index is 2.53. The highest BCUT2D eigenvalue weighted by Gasteiger charge is 2.43. The third-order valence-electron chi connectivity index (χ3n) is 1.91. The highest BCUT2D eigenvalue weighted by Crippen LogP contribution is 2.25. The van der Waals surface area contributed by atoms with Crippen LogP contribution in [0, 0.1) is 0 Å². The zero-order valence-electron chi connectivity index (χ0n) is 6.66. The molecule has 0 radical (unpaired) electrons. The molecule has 0 aromatic heterocycles. The molecule has 0 spiro atoms. The molecule has 4 atom stereocenters. The van der Waals surface area contributed by atoms with Gasteiger partial charge in [0.15, 0.2) is 12.5 Å². The molecule has 0 amide bonds. The average molecular weight is 164 g/mol. The number of hydrogen-bond donors (Lipinski definition) is 1. The molecule has 1 unspecified atom stereocenters. The Bertz CT molecular complexity index is 113. The molecule has 1 fully saturated rings. The van der Waals surface area contributed by atoms with Crippen molar-refractivity contribution in [1.82, 2.24) is 0 Å². The van der Waals surface area contributed by atoms with Crippen LogP contribution >= 0.6 is 0 Å². The van der Waals surface area contributed by atoms with E-state index in [1.165, 1.54) is 7.11 Å². The summed E-state index contributed by atoms with van der Waals surface area (Å²) >= 11 is 0. The number of ether oxygens (including phenoxy) is 2. The van der Waals surface area contributed by atoms with Gasteiger partial charge in [-0.05, 0) is 6.42 Å². The smallest absolute Gasteiger partial charge is 0.191 e. The second kappa shape index (κ2) is 3.47. The predicted molar refractivity (Wildman–Crippen MR) is 36.9 cm³/mol. The first kappa shape index (κ1) is 8.90. The minimum atomic E-state index is -1.41. The van der Waals surface area contributed by atoms with E-state index in [1.807, 2.05) is 6.92 Å². The summed E-state index contributed by atoms with van der Waals surface area (Å²) in [6.45, 7) is 1.83. The van der Waals surface area contributed by atoms with Crippen LogP contribution in [-0.4, -0.2) is 36.9 Å². The maximum absolute atomic E-state index is 12.9. The van der Waals surface area contributed by atoms with Gasteiger partial charge in [0.05, 0.1) is 6.10 Å². The number of halogens is 1. The first-order valence-corrected chi connectivity index (χ1v) is 3.71. The van der Waals surface area contributed by atoms with Crippen molar-refractivity contribution >= 4 is 0 Å². The Hall–Kier alpha value is -0.190. The van der Waals surface area contributed by atoms with Gasteiger partial charge in [-0.25, -0.2) is 4.39 Å². The predicted octanol–water partition coefficient (Wildman–Crippen LogP) is 0.467. The summed E-state index contributed by atoms with van der Waals surface area (Å²) in [6, 6.07) is 0. The topological polar surface area (TPSA) is 38.7 Å². The zero-order chi connectivity index (χ0) is 8.43. The van der Waals surface area contributed by atoms with E-state index in [4.69, 9.17) is 4.74 Å². The molecule has 1 saturated heterocycles. The van der Waals surface area contributed by atoms with Gasteiger partial charge in [-0.15, -0.1) is 0 Å². The highest BCUT2D eigenvalue weighted by molar-refractivity contribution is 4.85. The second-order valence-electron chi connectivity index (χ2n) is 2.62. The molecular weight excluding hydrogens is 151 g/mol. The zero-order valence-corrected chi connectivity index (χ0v) is 6.66. The molecule has 11 heavy (non-hydrogen) atoms. The number of methoxy groups -OCH3 is 1. The lowest BCUT2D eigenvalue weighted by Gasteiger charge is -2.09. The van der Waals surface area contributed by atoms with Crippen LogP contribution in [0.3, 0.4) is 0 Å². The fraction of sp³-hybridized carbons (Fsp3) is 1.00. The van der Waals surface area contributed by atoms with E-state index in [2.05, 4.69) is 4.74 Å². The Kier molecular flexibility index (Phi) is 2.81. The molecule has 1 N–H and O–H groups in total. The van der Waals surface area contributed by atoms with Crippen molar-refractivity contribution in [3.05, 3.63) is 0 Å². The lowest BCUT2D eigenvalue weighted by Crippen LogP contribution is -2.29. The number of aliphatic hydroxyl groups excluding tert-OH is 1. The highest BCUT2D eigenvalue weighted by atomic mass is 19.1. The Morgan fingerprint density at radius 3 is 2.55 bits per heavy atom. The van der Waals surface area contributed by atoms with Crippen molar-refractivity contribution in [2.75, 3.05) is 7.11 Å². The quantitative estimate of drug-likeness (QED) is 0.644. The molecule has 0 aromatic carbocycles. The number of aliphatic hydroxyl groups is 1. The van der Waals surface area contributed by atoms with E-state index in [-0.39, 0.29) is 0 Å². The maximum Gasteiger partial charge on any atom is 0.191 e.